The molecule has 2 aromatic rings. The smallest absolute Gasteiger partial charge is 0.0595 e. The van der Waals surface area contributed by atoms with Crippen LogP contribution in [-0.2, 0) is 0 Å². The molecule has 0 radical (unpaired) electrons. The Labute approximate surface area is 84.3 Å². The van der Waals surface area contributed by atoms with Gasteiger partial charge in [-0.2, -0.15) is 0 Å². The van der Waals surface area contributed by atoms with Crippen molar-refractivity contribution in [3.8, 4) is 0 Å². The highest BCUT2D eigenvalue weighted by molar-refractivity contribution is 5.92. The fourth-order valence-corrected chi connectivity index (χ4v) is 1.71. The van der Waals surface area contributed by atoms with Gasteiger partial charge in [0.15, 0.2) is 0 Å². The van der Waals surface area contributed by atoms with Gasteiger partial charge in [0.1, 0.15) is 0 Å². The van der Waals surface area contributed by atoms with Crippen LogP contribution in [0.4, 0.5) is 5.69 Å². The van der Waals surface area contributed by atoms with Gasteiger partial charge in [0, 0.05) is 24.1 Å². The lowest BCUT2D eigenvalue weighted by molar-refractivity contribution is 0.868. The second kappa shape index (κ2) is 3.37. The number of aromatic nitrogens is 1. The van der Waals surface area contributed by atoms with Gasteiger partial charge in [-0.1, -0.05) is 26.0 Å². The van der Waals surface area contributed by atoms with Crippen LogP contribution >= 0.6 is 0 Å². The third-order valence-corrected chi connectivity index (χ3v) is 2.64. The molecule has 1 aromatic heterocycles. The van der Waals surface area contributed by atoms with Gasteiger partial charge in [-0.3, -0.25) is 0 Å². The van der Waals surface area contributed by atoms with Gasteiger partial charge in [-0.15, -0.1) is 0 Å². The van der Waals surface area contributed by atoms with Gasteiger partial charge in [-0.25, -0.2) is 0 Å². The van der Waals surface area contributed by atoms with Crippen LogP contribution in [0.1, 0.15) is 25.3 Å². The maximum Gasteiger partial charge on any atom is 0.0595 e. The molecular formula is C12H16N2. The maximum absolute atomic E-state index is 3.27. The van der Waals surface area contributed by atoms with Gasteiger partial charge in [-0.05, 0) is 17.5 Å². The number of nitrogens with one attached hydrogen (secondary N) is 2. The maximum atomic E-state index is 3.27. The van der Waals surface area contributed by atoms with E-state index in [1.54, 1.807) is 0 Å². The lowest BCUT2D eigenvalue weighted by Crippen LogP contribution is -1.87. The molecule has 14 heavy (non-hydrogen) atoms. The molecular weight excluding hydrogens is 172 g/mol. The van der Waals surface area contributed by atoms with Crippen molar-refractivity contribution in [3.63, 3.8) is 0 Å². The molecule has 1 aromatic carbocycles. The quantitative estimate of drug-likeness (QED) is 0.743. The molecule has 0 amide bonds. The van der Waals surface area contributed by atoms with Crippen LogP contribution in [-0.4, -0.2) is 12.0 Å². The Bertz CT molecular complexity index is 441. The first-order valence-electron chi connectivity index (χ1n) is 5.01. The Kier molecular flexibility index (Phi) is 2.20. The van der Waals surface area contributed by atoms with Crippen molar-refractivity contribution in [2.45, 2.75) is 19.8 Å². The molecule has 74 valence electrons. The van der Waals surface area contributed by atoms with E-state index in [-0.39, 0.29) is 0 Å². The highest BCUT2D eigenvalue weighted by atomic mass is 14.9. The molecule has 0 aliphatic rings. The van der Waals surface area contributed by atoms with E-state index in [1.807, 2.05) is 13.2 Å². The van der Waals surface area contributed by atoms with E-state index in [0.717, 1.165) is 5.69 Å². The standard InChI is InChI=1S/C12H16N2/c1-8(2)9-4-5-10-11(6-9)14-7-12(10)13-3/h4-8,13-14H,1-3H3. The largest absolute Gasteiger partial charge is 0.386 e. The second-order valence-electron chi connectivity index (χ2n) is 3.91. The van der Waals surface area contributed by atoms with Crippen molar-refractivity contribution in [1.29, 1.82) is 0 Å². The van der Waals surface area contributed by atoms with Crippen molar-refractivity contribution in [1.82, 2.24) is 4.98 Å². The van der Waals surface area contributed by atoms with E-state index in [0.29, 0.717) is 5.92 Å². The summed E-state index contributed by atoms with van der Waals surface area (Å²) in [7, 11) is 1.94. The summed E-state index contributed by atoms with van der Waals surface area (Å²) in [6.45, 7) is 4.42. The zero-order valence-electron chi connectivity index (χ0n) is 8.89. The van der Waals surface area contributed by atoms with E-state index >= 15 is 0 Å². The van der Waals surface area contributed by atoms with Crippen molar-refractivity contribution in [2.75, 3.05) is 12.4 Å². The fourth-order valence-electron chi connectivity index (χ4n) is 1.71. The Morgan fingerprint density at radius 3 is 2.71 bits per heavy atom. The molecule has 0 fully saturated rings. The van der Waals surface area contributed by atoms with Crippen LogP contribution in [0.3, 0.4) is 0 Å². The first-order chi connectivity index (χ1) is 6.72. The average Bonchev–Trinajstić information content (AvgIpc) is 2.59. The number of hydrogen-bond acceptors (Lipinski definition) is 1. The highest BCUT2D eigenvalue weighted by Crippen LogP contribution is 2.26. The van der Waals surface area contributed by atoms with Crippen molar-refractivity contribution in [3.05, 3.63) is 30.0 Å². The third-order valence-electron chi connectivity index (χ3n) is 2.64. The molecule has 2 rings (SSSR count). The molecule has 0 atom stereocenters. The number of anilines is 1. The topological polar surface area (TPSA) is 27.8 Å². The van der Waals surface area contributed by atoms with Crippen LogP contribution in [0.15, 0.2) is 24.4 Å². The Hall–Kier alpha value is -1.44. The minimum atomic E-state index is 0.584. The minimum absolute atomic E-state index is 0.584. The Morgan fingerprint density at radius 1 is 1.29 bits per heavy atom. The molecule has 2 N–H and O–H groups in total. The third kappa shape index (κ3) is 1.37. The van der Waals surface area contributed by atoms with Crippen LogP contribution in [0.5, 0.6) is 0 Å². The van der Waals surface area contributed by atoms with Gasteiger partial charge in [0.2, 0.25) is 0 Å². The second-order valence-corrected chi connectivity index (χ2v) is 3.91. The van der Waals surface area contributed by atoms with E-state index in [4.69, 9.17) is 0 Å². The molecule has 1 heterocycles. The summed E-state index contributed by atoms with van der Waals surface area (Å²) in [6.07, 6.45) is 2.01. The number of H-pyrrole nitrogens is 1. The summed E-state index contributed by atoms with van der Waals surface area (Å²) in [6, 6.07) is 6.59. The first-order valence-corrected chi connectivity index (χ1v) is 5.01. The molecule has 0 saturated heterocycles. The lowest BCUT2D eigenvalue weighted by Gasteiger charge is -2.05. The zero-order chi connectivity index (χ0) is 10.1. The van der Waals surface area contributed by atoms with E-state index < -0.39 is 0 Å². The molecule has 2 nitrogen and oxygen atoms in total. The van der Waals surface area contributed by atoms with Gasteiger partial charge in [0.05, 0.1) is 5.69 Å². The van der Waals surface area contributed by atoms with Crippen molar-refractivity contribution >= 4 is 16.6 Å². The summed E-state index contributed by atoms with van der Waals surface area (Å²) in [4.78, 5) is 3.27. The normalized spacial score (nSPS) is 11.1. The van der Waals surface area contributed by atoms with Crippen LogP contribution in [0.25, 0.3) is 10.9 Å². The minimum Gasteiger partial charge on any atom is -0.386 e. The van der Waals surface area contributed by atoms with Crippen molar-refractivity contribution < 1.29 is 0 Å². The predicted octanol–water partition coefficient (Wildman–Crippen LogP) is 3.33. The molecule has 0 saturated carbocycles. The fraction of sp³-hybridized carbons (Fsp3) is 0.333. The monoisotopic (exact) mass is 188 g/mol. The van der Waals surface area contributed by atoms with E-state index in [1.165, 1.54) is 16.5 Å². The van der Waals surface area contributed by atoms with E-state index in [9.17, 15) is 0 Å². The predicted molar refractivity (Wildman–Crippen MR) is 61.9 cm³/mol. The lowest BCUT2D eigenvalue weighted by atomic mass is 10.0. The summed E-state index contributed by atoms with van der Waals surface area (Å²) in [5.74, 6) is 0.584. The number of fused-ring (bicyclic) bond motifs is 1. The van der Waals surface area contributed by atoms with E-state index in [2.05, 4.69) is 42.3 Å². The SMILES string of the molecule is CNc1c[nH]c2cc(C(C)C)ccc12. The van der Waals surface area contributed by atoms with Crippen LogP contribution in [0.2, 0.25) is 0 Å². The first kappa shape index (κ1) is 9.13. The molecule has 0 unspecified atom stereocenters. The number of aromatic amines is 1. The van der Waals surface area contributed by atoms with Crippen LogP contribution < -0.4 is 5.32 Å². The number of rotatable bonds is 2. The summed E-state index contributed by atoms with van der Waals surface area (Å²) in [5.41, 5.74) is 3.75. The molecule has 0 aliphatic carbocycles. The molecule has 0 bridgehead atoms. The van der Waals surface area contributed by atoms with Gasteiger partial charge < -0.3 is 10.3 Å². The number of hydrogen-bond donors (Lipinski definition) is 2. The summed E-state index contributed by atoms with van der Waals surface area (Å²) >= 11 is 0. The van der Waals surface area contributed by atoms with Gasteiger partial charge in [0.25, 0.3) is 0 Å². The zero-order valence-corrected chi connectivity index (χ0v) is 8.89. The molecule has 0 spiro atoms. The average molecular weight is 188 g/mol. The molecule has 2 heteroatoms. The van der Waals surface area contributed by atoms with Crippen LogP contribution in [0, 0.1) is 0 Å². The molecule has 0 aliphatic heterocycles. The number of benzene rings is 1. The van der Waals surface area contributed by atoms with Gasteiger partial charge >= 0.3 is 0 Å². The Balaban J connectivity index is 2.57. The van der Waals surface area contributed by atoms with Crippen molar-refractivity contribution in [2.24, 2.45) is 0 Å². The Morgan fingerprint density at radius 2 is 2.07 bits per heavy atom. The summed E-state index contributed by atoms with van der Waals surface area (Å²) < 4.78 is 0. The summed E-state index contributed by atoms with van der Waals surface area (Å²) in [5, 5.41) is 4.43. The highest BCUT2D eigenvalue weighted by Gasteiger charge is 2.04.